The number of piperidine rings is 1. The van der Waals surface area contributed by atoms with E-state index in [1.807, 2.05) is 24.0 Å². The largest absolute Gasteiger partial charge is 0.302 e. The molecule has 1 amide bonds. The van der Waals surface area contributed by atoms with Crippen LogP contribution in [0.25, 0.3) is 10.2 Å². The summed E-state index contributed by atoms with van der Waals surface area (Å²) in [7, 11) is -3.50. The number of benzene rings is 1. The summed E-state index contributed by atoms with van der Waals surface area (Å²) in [6.07, 6.45) is 1.00. The van der Waals surface area contributed by atoms with E-state index < -0.39 is 10.0 Å². The maximum atomic E-state index is 13.8. The fraction of sp³-hybridized carbons (Fsp3) is 0.500. The number of carbonyl (C=O) groups excluding carboxylic acids is 1. The van der Waals surface area contributed by atoms with Crippen LogP contribution in [0.2, 0.25) is 5.02 Å². The highest BCUT2D eigenvalue weighted by atomic mass is 35.5. The number of aryl methyl sites for hydroxylation is 1. The summed E-state index contributed by atoms with van der Waals surface area (Å²) >= 11 is 9.04. The number of nitrogens with zero attached hydrogens (tertiary/aromatic N) is 4. The Morgan fingerprint density at radius 1 is 1.17 bits per heavy atom. The van der Waals surface area contributed by atoms with Crippen molar-refractivity contribution in [2.75, 3.05) is 44.2 Å². The van der Waals surface area contributed by atoms with E-state index in [1.165, 1.54) is 27.0 Å². The highest BCUT2D eigenvalue weighted by molar-refractivity contribution is 7.91. The fourth-order valence-corrected chi connectivity index (χ4v) is 8.21. The first kappa shape index (κ1) is 26.5. The smallest absolute Gasteiger partial charge is 0.252 e. The predicted molar refractivity (Wildman–Crippen MR) is 145 cm³/mol. The zero-order chi connectivity index (χ0) is 25.2. The van der Waals surface area contributed by atoms with Gasteiger partial charge in [0, 0.05) is 37.1 Å². The lowest BCUT2D eigenvalue weighted by Crippen LogP contribution is -2.46. The van der Waals surface area contributed by atoms with Crippen LogP contribution in [-0.2, 0) is 14.8 Å². The van der Waals surface area contributed by atoms with E-state index in [2.05, 4.69) is 18.7 Å². The third-order valence-corrected chi connectivity index (χ3v) is 11.4. The average molecular weight is 555 g/mol. The number of thiazole rings is 1. The molecule has 3 heterocycles. The van der Waals surface area contributed by atoms with Crippen molar-refractivity contribution in [3.8, 4) is 0 Å². The van der Waals surface area contributed by atoms with Gasteiger partial charge in [-0.05, 0) is 62.0 Å². The van der Waals surface area contributed by atoms with Gasteiger partial charge in [-0.25, -0.2) is 13.4 Å². The summed E-state index contributed by atoms with van der Waals surface area (Å²) in [4.78, 5) is 22.7. The van der Waals surface area contributed by atoms with Crippen LogP contribution in [0.5, 0.6) is 0 Å². The molecule has 0 aliphatic carbocycles. The Morgan fingerprint density at radius 2 is 1.89 bits per heavy atom. The molecule has 0 bridgehead atoms. The minimum absolute atomic E-state index is 0.0214. The van der Waals surface area contributed by atoms with E-state index in [0.29, 0.717) is 46.8 Å². The molecule has 2 aromatic heterocycles. The van der Waals surface area contributed by atoms with E-state index >= 15 is 0 Å². The van der Waals surface area contributed by atoms with Crippen molar-refractivity contribution in [1.82, 2.24) is 14.2 Å². The van der Waals surface area contributed by atoms with E-state index in [0.717, 1.165) is 35.4 Å². The lowest BCUT2D eigenvalue weighted by atomic mass is 9.96. The number of amides is 1. The maximum absolute atomic E-state index is 13.8. The fourth-order valence-electron chi connectivity index (χ4n) is 4.39. The molecule has 11 heteroatoms. The molecule has 7 nitrogen and oxygen atoms in total. The summed E-state index contributed by atoms with van der Waals surface area (Å²) in [6, 6.07) is 7.20. The summed E-state index contributed by atoms with van der Waals surface area (Å²) < 4.78 is 28.7. The number of halogens is 1. The molecule has 0 N–H and O–H groups in total. The number of rotatable bonds is 9. The molecule has 0 unspecified atom stereocenters. The Labute approximate surface area is 220 Å². The Morgan fingerprint density at radius 3 is 2.51 bits per heavy atom. The first-order chi connectivity index (χ1) is 16.8. The minimum atomic E-state index is -3.50. The second-order valence-corrected chi connectivity index (χ2v) is 13.2. The Bertz CT molecular complexity index is 1260. The lowest BCUT2D eigenvalue weighted by molar-refractivity contribution is -0.123. The molecule has 190 valence electrons. The van der Waals surface area contributed by atoms with Crippen molar-refractivity contribution >= 4 is 65.6 Å². The van der Waals surface area contributed by atoms with E-state index in [1.54, 1.807) is 17.5 Å². The SMILES string of the molecule is CCN(CC)CCN(C(=O)C1CCN(S(=O)(=O)c2cccs2)CC1)c1nc2c(C)c(Cl)ccc2s1. The van der Waals surface area contributed by atoms with Crippen LogP contribution in [0.4, 0.5) is 5.13 Å². The van der Waals surface area contributed by atoms with Crippen LogP contribution in [0.3, 0.4) is 0 Å². The molecule has 3 aromatic rings. The zero-order valence-electron chi connectivity index (χ0n) is 20.2. The Hall–Kier alpha value is -1.56. The second kappa shape index (κ2) is 11.2. The highest BCUT2D eigenvalue weighted by Crippen LogP contribution is 2.35. The van der Waals surface area contributed by atoms with Crippen LogP contribution >= 0.6 is 34.3 Å². The van der Waals surface area contributed by atoms with Gasteiger partial charge in [-0.1, -0.05) is 42.9 Å². The van der Waals surface area contributed by atoms with Crippen LogP contribution in [0, 0.1) is 12.8 Å². The van der Waals surface area contributed by atoms with Gasteiger partial charge in [0.25, 0.3) is 10.0 Å². The summed E-state index contributed by atoms with van der Waals surface area (Å²) in [6.45, 7) is 9.97. The quantitative estimate of drug-likeness (QED) is 0.368. The van der Waals surface area contributed by atoms with Gasteiger partial charge in [-0.3, -0.25) is 9.69 Å². The number of likely N-dealkylation sites (N-methyl/N-ethyl adjacent to an activating group) is 1. The normalized spacial score (nSPS) is 15.8. The third-order valence-electron chi connectivity index (χ3n) is 6.66. The van der Waals surface area contributed by atoms with Crippen LogP contribution in [0.1, 0.15) is 32.3 Å². The first-order valence-corrected chi connectivity index (χ1v) is 15.4. The topological polar surface area (TPSA) is 73.8 Å². The Kier molecular flexibility index (Phi) is 8.50. The summed E-state index contributed by atoms with van der Waals surface area (Å²) in [5.41, 5.74) is 1.74. The molecule has 1 aliphatic heterocycles. The van der Waals surface area contributed by atoms with Crippen molar-refractivity contribution in [2.24, 2.45) is 5.92 Å². The van der Waals surface area contributed by atoms with Crippen molar-refractivity contribution in [3.05, 3.63) is 40.2 Å². The average Bonchev–Trinajstić information content (AvgIpc) is 3.55. The molecular weight excluding hydrogens is 524 g/mol. The Balaban J connectivity index is 1.55. The van der Waals surface area contributed by atoms with E-state index in [9.17, 15) is 13.2 Å². The van der Waals surface area contributed by atoms with Gasteiger partial charge in [-0.15, -0.1) is 11.3 Å². The first-order valence-electron chi connectivity index (χ1n) is 11.9. The number of hydrogen-bond donors (Lipinski definition) is 0. The number of sulfonamides is 1. The number of aromatic nitrogens is 1. The summed E-state index contributed by atoms with van der Waals surface area (Å²) in [5.74, 6) is -0.216. The number of thiophene rings is 1. The van der Waals surface area contributed by atoms with Crippen molar-refractivity contribution in [3.63, 3.8) is 0 Å². The summed E-state index contributed by atoms with van der Waals surface area (Å²) in [5, 5.41) is 3.11. The molecule has 0 saturated carbocycles. The molecule has 0 spiro atoms. The van der Waals surface area contributed by atoms with Gasteiger partial charge >= 0.3 is 0 Å². The van der Waals surface area contributed by atoms with Crippen molar-refractivity contribution in [2.45, 2.75) is 37.8 Å². The van der Waals surface area contributed by atoms with Crippen molar-refractivity contribution < 1.29 is 13.2 Å². The highest BCUT2D eigenvalue weighted by Gasteiger charge is 2.35. The second-order valence-electron chi connectivity index (χ2n) is 8.64. The third kappa shape index (κ3) is 5.57. The van der Waals surface area contributed by atoms with E-state index in [4.69, 9.17) is 16.6 Å². The monoisotopic (exact) mass is 554 g/mol. The van der Waals surface area contributed by atoms with Crippen LogP contribution in [0.15, 0.2) is 33.9 Å². The number of fused-ring (bicyclic) bond motifs is 1. The molecule has 35 heavy (non-hydrogen) atoms. The molecule has 0 radical (unpaired) electrons. The molecule has 4 rings (SSSR count). The van der Waals surface area contributed by atoms with Gasteiger partial charge in [0.1, 0.15) is 4.21 Å². The predicted octanol–water partition coefficient (Wildman–Crippen LogP) is 5.10. The van der Waals surface area contributed by atoms with Gasteiger partial charge in [0.05, 0.1) is 10.2 Å². The molecule has 1 saturated heterocycles. The molecule has 1 aromatic carbocycles. The van der Waals surface area contributed by atoms with Crippen molar-refractivity contribution in [1.29, 1.82) is 0 Å². The number of anilines is 1. The van der Waals surface area contributed by atoms with Gasteiger partial charge in [0.15, 0.2) is 5.13 Å². The number of carbonyl (C=O) groups is 1. The maximum Gasteiger partial charge on any atom is 0.252 e. The standard InChI is InChI=1S/C24H31ClN4O3S3/c1-4-27(5-2)14-15-29(24-26-22-17(3)19(25)8-9-20(22)34-24)23(30)18-10-12-28(13-11-18)35(31,32)21-7-6-16-33-21/h6-9,16,18H,4-5,10-15H2,1-3H3. The van der Waals surface area contributed by atoms with Gasteiger partial charge in [-0.2, -0.15) is 4.31 Å². The van der Waals surface area contributed by atoms with Crippen LogP contribution in [-0.4, -0.2) is 67.8 Å². The molecule has 1 aliphatic rings. The molecule has 0 atom stereocenters. The van der Waals surface area contributed by atoms with E-state index in [-0.39, 0.29) is 11.8 Å². The number of hydrogen-bond acceptors (Lipinski definition) is 7. The lowest BCUT2D eigenvalue weighted by Gasteiger charge is -2.33. The molecule has 1 fully saturated rings. The molecular formula is C24H31ClN4O3S3. The van der Waals surface area contributed by atoms with Gasteiger partial charge < -0.3 is 4.90 Å². The zero-order valence-corrected chi connectivity index (χ0v) is 23.4. The van der Waals surface area contributed by atoms with Gasteiger partial charge in [0.2, 0.25) is 5.91 Å². The minimum Gasteiger partial charge on any atom is -0.302 e. The van der Waals surface area contributed by atoms with Crippen LogP contribution < -0.4 is 4.90 Å².